The van der Waals surface area contributed by atoms with Crippen LogP contribution in [0.5, 0.6) is 0 Å². The second-order valence-corrected chi connectivity index (χ2v) is 10.4. The van der Waals surface area contributed by atoms with E-state index >= 15 is 0 Å². The minimum atomic E-state index is -4.68. The third-order valence-corrected chi connectivity index (χ3v) is 8.26. The molecule has 3 fully saturated rings. The molecule has 1 N–H and O–H groups in total. The molecule has 3 saturated heterocycles. The van der Waals surface area contributed by atoms with Gasteiger partial charge in [-0.2, -0.15) is 30.2 Å². The highest BCUT2D eigenvalue weighted by Gasteiger charge is 2.50. The number of ether oxygens (including phenoxy) is 1. The monoisotopic (exact) mass is 479 g/mol. The van der Waals surface area contributed by atoms with E-state index in [-0.39, 0.29) is 24.9 Å². The Hall–Kier alpha value is -1.83. The van der Waals surface area contributed by atoms with Crippen LogP contribution in [0.3, 0.4) is 0 Å². The first-order chi connectivity index (χ1) is 15.1. The van der Waals surface area contributed by atoms with Gasteiger partial charge in [-0.1, -0.05) is 0 Å². The summed E-state index contributed by atoms with van der Waals surface area (Å²) < 4.78 is 75.4. The first kappa shape index (κ1) is 23.3. The van der Waals surface area contributed by atoms with E-state index in [0.717, 1.165) is 9.21 Å². The molecule has 13 heteroatoms. The Morgan fingerprint density at radius 1 is 1.03 bits per heavy atom. The molecule has 9 nitrogen and oxygen atoms in total. The largest absolute Gasteiger partial charge is 0.410 e. The number of anilines is 2. The van der Waals surface area contributed by atoms with Gasteiger partial charge in [0.2, 0.25) is 0 Å². The van der Waals surface area contributed by atoms with Crippen molar-refractivity contribution in [2.24, 2.45) is 0 Å². The number of nitrogens with one attached hydrogen (secondary N) is 1. The van der Waals surface area contributed by atoms with Crippen molar-refractivity contribution < 1.29 is 26.3 Å². The van der Waals surface area contributed by atoms with Crippen molar-refractivity contribution in [3.63, 3.8) is 0 Å². The summed E-state index contributed by atoms with van der Waals surface area (Å²) in [6, 6.07) is 0.801. The molecule has 0 aliphatic carbocycles. The Labute approximate surface area is 184 Å². The maximum atomic E-state index is 14.0. The summed E-state index contributed by atoms with van der Waals surface area (Å²) in [5.41, 5.74) is 0.0110. The summed E-state index contributed by atoms with van der Waals surface area (Å²) >= 11 is 0. The lowest BCUT2D eigenvalue weighted by Crippen LogP contribution is -2.62. The van der Waals surface area contributed by atoms with Gasteiger partial charge in [-0.25, -0.2) is 0 Å². The Morgan fingerprint density at radius 3 is 2.41 bits per heavy atom. The predicted molar refractivity (Wildman–Crippen MR) is 113 cm³/mol. The molecule has 0 bridgehead atoms. The molecule has 32 heavy (non-hydrogen) atoms. The SMILES string of the molecule is C[C@@H]1COCCN1c1cc(N2CCN(S(=O)(=O)N3CCCC3)CC2C(F)(F)F)[nH]c(=O)c1. The number of pyridine rings is 1. The van der Waals surface area contributed by atoms with Crippen molar-refractivity contribution in [3.8, 4) is 0 Å². The minimum Gasteiger partial charge on any atom is -0.377 e. The summed E-state index contributed by atoms with van der Waals surface area (Å²) in [6.07, 6.45) is -3.27. The number of hydrogen-bond acceptors (Lipinski definition) is 6. The Bertz CT molecular complexity index is 980. The van der Waals surface area contributed by atoms with Crippen LogP contribution >= 0.6 is 0 Å². The Kier molecular flexibility index (Phi) is 6.45. The molecule has 1 aromatic rings. The summed E-state index contributed by atoms with van der Waals surface area (Å²) in [7, 11) is -3.96. The van der Waals surface area contributed by atoms with Crippen LogP contribution in [-0.2, 0) is 14.9 Å². The fraction of sp³-hybridized carbons (Fsp3) is 0.737. The topological polar surface area (TPSA) is 89.2 Å². The number of aromatic amines is 1. The van der Waals surface area contributed by atoms with Gasteiger partial charge in [0.15, 0.2) is 0 Å². The number of alkyl halides is 3. The smallest absolute Gasteiger partial charge is 0.377 e. The van der Waals surface area contributed by atoms with Gasteiger partial charge in [0.1, 0.15) is 11.9 Å². The third kappa shape index (κ3) is 4.61. The third-order valence-electron chi connectivity index (χ3n) is 6.26. The molecule has 0 saturated carbocycles. The van der Waals surface area contributed by atoms with E-state index in [0.29, 0.717) is 51.4 Å². The molecule has 0 spiro atoms. The van der Waals surface area contributed by atoms with Gasteiger partial charge in [-0.05, 0) is 19.8 Å². The molecule has 2 atom stereocenters. The molecule has 1 aromatic heterocycles. The van der Waals surface area contributed by atoms with Crippen LogP contribution in [0.2, 0.25) is 0 Å². The van der Waals surface area contributed by atoms with E-state index in [1.54, 1.807) is 0 Å². The highest BCUT2D eigenvalue weighted by Crippen LogP contribution is 2.33. The molecule has 4 rings (SSSR count). The van der Waals surface area contributed by atoms with E-state index in [1.807, 2.05) is 11.8 Å². The maximum Gasteiger partial charge on any atom is 0.410 e. The van der Waals surface area contributed by atoms with Crippen LogP contribution in [-0.4, -0.2) is 92.8 Å². The lowest BCUT2D eigenvalue weighted by molar-refractivity contribution is -0.153. The average molecular weight is 480 g/mol. The molecule has 0 radical (unpaired) electrons. The molecule has 0 aromatic carbocycles. The van der Waals surface area contributed by atoms with Crippen molar-refractivity contribution in [2.75, 3.05) is 62.3 Å². The van der Waals surface area contributed by atoms with E-state index in [9.17, 15) is 26.4 Å². The van der Waals surface area contributed by atoms with Crippen LogP contribution in [0.1, 0.15) is 19.8 Å². The maximum absolute atomic E-state index is 14.0. The molecular formula is C19H28F3N5O4S. The molecule has 1 unspecified atom stereocenters. The van der Waals surface area contributed by atoms with E-state index < -0.39 is 34.5 Å². The summed E-state index contributed by atoms with van der Waals surface area (Å²) in [5.74, 6) is 0.0340. The highest BCUT2D eigenvalue weighted by molar-refractivity contribution is 7.86. The number of halogens is 3. The number of morpholine rings is 1. The van der Waals surface area contributed by atoms with Gasteiger partial charge in [-0.15, -0.1) is 0 Å². The van der Waals surface area contributed by atoms with Crippen LogP contribution < -0.4 is 15.4 Å². The van der Waals surface area contributed by atoms with Crippen molar-refractivity contribution in [2.45, 2.75) is 38.0 Å². The summed E-state index contributed by atoms with van der Waals surface area (Å²) in [4.78, 5) is 17.8. The first-order valence-electron chi connectivity index (χ1n) is 10.7. The van der Waals surface area contributed by atoms with E-state index in [1.165, 1.54) is 16.4 Å². The van der Waals surface area contributed by atoms with Gasteiger partial charge in [0.05, 0.1) is 13.2 Å². The van der Waals surface area contributed by atoms with Crippen LogP contribution in [0.25, 0.3) is 0 Å². The zero-order chi connectivity index (χ0) is 23.1. The fourth-order valence-electron chi connectivity index (χ4n) is 4.56. The van der Waals surface area contributed by atoms with Crippen LogP contribution in [0.15, 0.2) is 16.9 Å². The van der Waals surface area contributed by atoms with Gasteiger partial charge in [0.25, 0.3) is 15.8 Å². The number of H-pyrrole nitrogens is 1. The van der Waals surface area contributed by atoms with Crippen molar-refractivity contribution >= 4 is 21.7 Å². The molecule has 4 heterocycles. The Morgan fingerprint density at radius 2 is 1.75 bits per heavy atom. The number of aromatic nitrogens is 1. The second-order valence-electron chi connectivity index (χ2n) is 8.43. The standard InChI is InChI=1S/C19H28F3N5O4S/c1-14-13-31-9-8-26(14)15-10-17(23-18(28)11-15)27-7-6-25(12-16(27)19(20,21)22)32(29,30)24-4-2-3-5-24/h10-11,14,16H,2-9,12-13H2,1H3,(H,23,28)/t14-,16?/m1/s1. The van der Waals surface area contributed by atoms with Gasteiger partial charge < -0.3 is 19.5 Å². The second kappa shape index (κ2) is 8.84. The molecule has 3 aliphatic rings. The quantitative estimate of drug-likeness (QED) is 0.693. The zero-order valence-electron chi connectivity index (χ0n) is 17.8. The van der Waals surface area contributed by atoms with E-state index in [4.69, 9.17) is 4.74 Å². The summed E-state index contributed by atoms with van der Waals surface area (Å²) in [5, 5.41) is 0. The Balaban J connectivity index is 1.62. The first-order valence-corrected chi connectivity index (χ1v) is 12.1. The molecular weight excluding hydrogens is 451 g/mol. The number of rotatable bonds is 4. The summed E-state index contributed by atoms with van der Waals surface area (Å²) in [6.45, 7) is 3.02. The molecule has 0 amide bonds. The van der Waals surface area contributed by atoms with Crippen molar-refractivity contribution in [3.05, 3.63) is 22.5 Å². The molecule has 180 valence electrons. The normalized spacial score (nSPS) is 26.6. The number of nitrogens with zero attached hydrogens (tertiary/aromatic N) is 4. The van der Waals surface area contributed by atoms with E-state index in [2.05, 4.69) is 4.98 Å². The van der Waals surface area contributed by atoms with Crippen molar-refractivity contribution in [1.82, 2.24) is 13.6 Å². The zero-order valence-corrected chi connectivity index (χ0v) is 18.7. The predicted octanol–water partition coefficient (Wildman–Crippen LogP) is 0.994. The van der Waals surface area contributed by atoms with Gasteiger partial charge in [-0.3, -0.25) is 4.79 Å². The lowest BCUT2D eigenvalue weighted by Gasteiger charge is -2.43. The van der Waals surface area contributed by atoms with Crippen LogP contribution in [0, 0.1) is 0 Å². The average Bonchev–Trinajstić information content (AvgIpc) is 3.28. The van der Waals surface area contributed by atoms with Crippen molar-refractivity contribution in [1.29, 1.82) is 0 Å². The van der Waals surface area contributed by atoms with Gasteiger partial charge in [0, 0.05) is 63.1 Å². The fourth-order valence-corrected chi connectivity index (χ4v) is 6.25. The number of piperazine rings is 1. The van der Waals surface area contributed by atoms with Gasteiger partial charge >= 0.3 is 6.18 Å². The molecule has 3 aliphatic heterocycles. The minimum absolute atomic E-state index is 0.0285. The lowest BCUT2D eigenvalue weighted by atomic mass is 10.1. The van der Waals surface area contributed by atoms with Crippen LogP contribution in [0.4, 0.5) is 24.7 Å². The highest BCUT2D eigenvalue weighted by atomic mass is 32.2. The number of hydrogen-bond donors (Lipinski definition) is 1.